The number of aromatic nitrogens is 2. The summed E-state index contributed by atoms with van der Waals surface area (Å²) in [7, 11) is 0. The number of H-pyrrole nitrogens is 1. The molecule has 6 nitrogen and oxygen atoms in total. The van der Waals surface area contributed by atoms with Crippen LogP contribution in [0.5, 0.6) is 0 Å². The molecule has 1 saturated heterocycles. The Morgan fingerprint density at radius 1 is 1.26 bits per heavy atom. The van der Waals surface area contributed by atoms with Crippen molar-refractivity contribution in [1.29, 1.82) is 0 Å². The molecule has 0 spiro atoms. The molecule has 1 fully saturated rings. The average molecular weight is 365 g/mol. The molecule has 2 atom stereocenters. The SMILES string of the molecule is O=C(Cc1c[nH]c2ccccc12)NC1CCOCC1OCc1ccccn1. The Morgan fingerprint density at radius 3 is 3.04 bits per heavy atom. The molecule has 3 aromatic rings. The van der Waals surface area contributed by atoms with Crippen LogP contribution in [0.15, 0.2) is 54.9 Å². The van der Waals surface area contributed by atoms with Crippen molar-refractivity contribution in [3.63, 3.8) is 0 Å². The molecule has 2 unspecified atom stereocenters. The van der Waals surface area contributed by atoms with Crippen LogP contribution in [0.4, 0.5) is 0 Å². The van der Waals surface area contributed by atoms with E-state index in [-0.39, 0.29) is 18.1 Å². The van der Waals surface area contributed by atoms with Crippen molar-refractivity contribution < 1.29 is 14.3 Å². The summed E-state index contributed by atoms with van der Waals surface area (Å²) >= 11 is 0. The van der Waals surface area contributed by atoms with Crippen LogP contribution in [0, 0.1) is 0 Å². The quantitative estimate of drug-likeness (QED) is 0.704. The van der Waals surface area contributed by atoms with Crippen molar-refractivity contribution in [1.82, 2.24) is 15.3 Å². The third-order valence-electron chi connectivity index (χ3n) is 4.85. The fourth-order valence-corrected chi connectivity index (χ4v) is 3.43. The van der Waals surface area contributed by atoms with Crippen LogP contribution >= 0.6 is 0 Å². The number of aromatic amines is 1. The molecule has 0 aliphatic carbocycles. The first-order chi connectivity index (χ1) is 13.3. The van der Waals surface area contributed by atoms with E-state index in [0.29, 0.717) is 26.2 Å². The first-order valence-electron chi connectivity index (χ1n) is 9.23. The van der Waals surface area contributed by atoms with Gasteiger partial charge in [-0.15, -0.1) is 0 Å². The van der Waals surface area contributed by atoms with Gasteiger partial charge in [-0.2, -0.15) is 0 Å². The molecule has 6 heteroatoms. The van der Waals surface area contributed by atoms with E-state index in [1.807, 2.05) is 48.7 Å². The summed E-state index contributed by atoms with van der Waals surface area (Å²) in [6.07, 6.45) is 4.56. The highest BCUT2D eigenvalue weighted by Gasteiger charge is 2.28. The summed E-state index contributed by atoms with van der Waals surface area (Å²) in [4.78, 5) is 20.1. The lowest BCUT2D eigenvalue weighted by molar-refractivity contribution is -0.126. The number of ether oxygens (including phenoxy) is 2. The summed E-state index contributed by atoms with van der Waals surface area (Å²) in [5.74, 6) is -0.00177. The highest BCUT2D eigenvalue weighted by atomic mass is 16.5. The second kappa shape index (κ2) is 8.33. The van der Waals surface area contributed by atoms with Crippen LogP contribution < -0.4 is 5.32 Å². The van der Waals surface area contributed by atoms with Crippen molar-refractivity contribution in [2.75, 3.05) is 13.2 Å². The molecule has 0 bridgehead atoms. The van der Waals surface area contributed by atoms with Crippen molar-refractivity contribution in [2.45, 2.75) is 31.6 Å². The Kier molecular flexibility index (Phi) is 5.46. The molecule has 27 heavy (non-hydrogen) atoms. The molecular weight excluding hydrogens is 342 g/mol. The van der Waals surface area contributed by atoms with Gasteiger partial charge in [0.15, 0.2) is 0 Å². The number of carbonyl (C=O) groups excluding carboxylic acids is 1. The first kappa shape index (κ1) is 17.7. The number of rotatable bonds is 6. The lowest BCUT2D eigenvalue weighted by Gasteiger charge is -2.32. The topological polar surface area (TPSA) is 76.2 Å². The molecule has 4 rings (SSSR count). The minimum absolute atomic E-state index is 0.00177. The standard InChI is InChI=1S/C21H23N3O3/c25-21(11-15-12-23-18-7-2-1-6-17(15)18)24-19-8-10-26-14-20(19)27-13-16-5-3-4-9-22-16/h1-7,9,12,19-20,23H,8,10-11,13-14H2,(H,24,25). The molecule has 0 radical (unpaired) electrons. The third-order valence-corrected chi connectivity index (χ3v) is 4.85. The van der Waals surface area contributed by atoms with Crippen LogP contribution in [-0.2, 0) is 27.3 Å². The third kappa shape index (κ3) is 4.35. The van der Waals surface area contributed by atoms with Crippen LogP contribution in [0.25, 0.3) is 10.9 Å². The number of pyridine rings is 1. The van der Waals surface area contributed by atoms with E-state index in [4.69, 9.17) is 9.47 Å². The van der Waals surface area contributed by atoms with E-state index in [0.717, 1.165) is 28.6 Å². The molecule has 1 amide bonds. The second-order valence-electron chi connectivity index (χ2n) is 6.74. The molecule has 1 aliphatic heterocycles. The number of fused-ring (bicyclic) bond motifs is 1. The summed E-state index contributed by atoms with van der Waals surface area (Å²) in [5.41, 5.74) is 2.91. The van der Waals surface area contributed by atoms with Gasteiger partial charge in [-0.3, -0.25) is 9.78 Å². The summed E-state index contributed by atoms with van der Waals surface area (Å²) in [5, 5.41) is 4.22. The fraction of sp³-hybridized carbons (Fsp3) is 0.333. The minimum atomic E-state index is -0.173. The van der Waals surface area contributed by atoms with Gasteiger partial charge in [-0.25, -0.2) is 0 Å². The Bertz CT molecular complexity index is 894. The summed E-state index contributed by atoms with van der Waals surface area (Å²) in [6.45, 7) is 1.51. The zero-order chi connectivity index (χ0) is 18.5. The van der Waals surface area contributed by atoms with Gasteiger partial charge < -0.3 is 19.8 Å². The van der Waals surface area contributed by atoms with Gasteiger partial charge in [-0.05, 0) is 30.2 Å². The predicted octanol–water partition coefficient (Wildman–Crippen LogP) is 2.60. The number of hydrogen-bond donors (Lipinski definition) is 2. The molecule has 2 N–H and O–H groups in total. The lowest BCUT2D eigenvalue weighted by Crippen LogP contribution is -2.50. The highest BCUT2D eigenvalue weighted by Crippen LogP contribution is 2.19. The van der Waals surface area contributed by atoms with E-state index in [9.17, 15) is 4.79 Å². The van der Waals surface area contributed by atoms with Crippen molar-refractivity contribution in [3.8, 4) is 0 Å². The Hall–Kier alpha value is -2.70. The highest BCUT2D eigenvalue weighted by molar-refractivity contribution is 5.88. The number of nitrogens with zero attached hydrogens (tertiary/aromatic N) is 1. The molecule has 1 aliphatic rings. The number of amides is 1. The van der Waals surface area contributed by atoms with E-state index >= 15 is 0 Å². The molecule has 3 heterocycles. The molecular formula is C21H23N3O3. The normalized spacial score (nSPS) is 19.9. The number of nitrogens with one attached hydrogen (secondary N) is 2. The van der Waals surface area contributed by atoms with E-state index in [1.54, 1.807) is 6.20 Å². The zero-order valence-electron chi connectivity index (χ0n) is 15.1. The van der Waals surface area contributed by atoms with Gasteiger partial charge in [0.1, 0.15) is 6.10 Å². The maximum atomic E-state index is 12.6. The molecule has 1 aromatic carbocycles. The molecule has 140 valence electrons. The molecule has 2 aromatic heterocycles. The number of carbonyl (C=O) groups is 1. The summed E-state index contributed by atoms with van der Waals surface area (Å²) < 4.78 is 11.5. The minimum Gasteiger partial charge on any atom is -0.379 e. The van der Waals surface area contributed by atoms with Crippen LogP contribution in [0.3, 0.4) is 0 Å². The Labute approximate surface area is 157 Å². The average Bonchev–Trinajstić information content (AvgIpc) is 3.11. The van der Waals surface area contributed by atoms with Gasteiger partial charge >= 0.3 is 0 Å². The smallest absolute Gasteiger partial charge is 0.224 e. The van der Waals surface area contributed by atoms with Crippen molar-refractivity contribution in [2.24, 2.45) is 0 Å². The van der Waals surface area contributed by atoms with Crippen LogP contribution in [0.1, 0.15) is 17.7 Å². The number of para-hydroxylation sites is 1. The van der Waals surface area contributed by atoms with Crippen LogP contribution in [0.2, 0.25) is 0 Å². The number of hydrogen-bond acceptors (Lipinski definition) is 4. The predicted molar refractivity (Wildman–Crippen MR) is 102 cm³/mol. The Balaban J connectivity index is 1.36. The zero-order valence-corrected chi connectivity index (χ0v) is 15.1. The molecule has 0 saturated carbocycles. The van der Waals surface area contributed by atoms with Crippen molar-refractivity contribution >= 4 is 16.8 Å². The fourth-order valence-electron chi connectivity index (χ4n) is 3.43. The van der Waals surface area contributed by atoms with Crippen molar-refractivity contribution in [3.05, 3.63) is 66.1 Å². The van der Waals surface area contributed by atoms with Gasteiger partial charge in [0.2, 0.25) is 5.91 Å². The van der Waals surface area contributed by atoms with E-state index in [1.165, 1.54) is 0 Å². The maximum absolute atomic E-state index is 12.6. The monoisotopic (exact) mass is 365 g/mol. The van der Waals surface area contributed by atoms with E-state index < -0.39 is 0 Å². The van der Waals surface area contributed by atoms with Gasteiger partial charge in [0, 0.05) is 29.9 Å². The van der Waals surface area contributed by atoms with Gasteiger partial charge in [-0.1, -0.05) is 24.3 Å². The van der Waals surface area contributed by atoms with Gasteiger partial charge in [0.25, 0.3) is 0 Å². The Morgan fingerprint density at radius 2 is 2.15 bits per heavy atom. The number of benzene rings is 1. The van der Waals surface area contributed by atoms with E-state index in [2.05, 4.69) is 15.3 Å². The second-order valence-corrected chi connectivity index (χ2v) is 6.74. The first-order valence-corrected chi connectivity index (χ1v) is 9.23. The lowest BCUT2D eigenvalue weighted by atomic mass is 10.0. The maximum Gasteiger partial charge on any atom is 0.224 e. The largest absolute Gasteiger partial charge is 0.379 e. The summed E-state index contributed by atoms with van der Waals surface area (Å²) in [6, 6.07) is 13.7. The van der Waals surface area contributed by atoms with Crippen LogP contribution in [-0.4, -0.2) is 41.2 Å². The van der Waals surface area contributed by atoms with Gasteiger partial charge in [0.05, 0.1) is 31.4 Å².